The molecular formula is C56H96O7. The largest absolute Gasteiger partial charge is 0.463 e. The minimum atomic E-state index is -1.45. The van der Waals surface area contributed by atoms with E-state index >= 15 is 0 Å². The molecule has 0 bridgehead atoms. The zero-order valence-electron chi connectivity index (χ0n) is 41.5. The van der Waals surface area contributed by atoms with Gasteiger partial charge >= 0.3 is 5.97 Å². The van der Waals surface area contributed by atoms with Gasteiger partial charge in [0.25, 0.3) is 0 Å². The van der Waals surface area contributed by atoms with Crippen molar-refractivity contribution in [3.63, 3.8) is 0 Å². The van der Waals surface area contributed by atoms with E-state index in [4.69, 9.17) is 14.2 Å². The van der Waals surface area contributed by atoms with Gasteiger partial charge in [-0.3, -0.25) is 4.79 Å². The van der Waals surface area contributed by atoms with Gasteiger partial charge in [0.2, 0.25) is 0 Å². The van der Waals surface area contributed by atoms with Crippen LogP contribution in [0.4, 0.5) is 0 Å². The Kier molecular flexibility index (Phi) is 21.8. The molecular weight excluding hydrogens is 785 g/mol. The summed E-state index contributed by atoms with van der Waals surface area (Å²) in [6.45, 7) is 16.7. The van der Waals surface area contributed by atoms with Crippen molar-refractivity contribution in [3.8, 4) is 0 Å². The molecule has 0 aromatic rings. The highest BCUT2D eigenvalue weighted by atomic mass is 16.7. The number of allylic oxidation sites excluding steroid dienone is 5. The number of hydrogen-bond acceptors (Lipinski definition) is 7. The summed E-state index contributed by atoms with van der Waals surface area (Å²) >= 11 is 0. The van der Waals surface area contributed by atoms with Crippen LogP contribution >= 0.6 is 0 Å². The van der Waals surface area contributed by atoms with E-state index in [0.717, 1.165) is 62.7 Å². The third-order valence-corrected chi connectivity index (χ3v) is 17.6. The summed E-state index contributed by atoms with van der Waals surface area (Å²) in [6, 6.07) is 0. The highest BCUT2D eigenvalue weighted by Gasteiger charge is 2.59. The van der Waals surface area contributed by atoms with Crippen molar-refractivity contribution in [1.29, 1.82) is 0 Å². The normalized spacial score (nSPS) is 35.4. The van der Waals surface area contributed by atoms with E-state index in [-0.39, 0.29) is 24.1 Å². The van der Waals surface area contributed by atoms with Gasteiger partial charge in [-0.2, -0.15) is 0 Å². The van der Waals surface area contributed by atoms with Crippen LogP contribution in [0.2, 0.25) is 0 Å². The van der Waals surface area contributed by atoms with Crippen LogP contribution in [0, 0.1) is 52.3 Å². The Labute approximate surface area is 386 Å². The maximum Gasteiger partial charge on any atom is 0.305 e. The van der Waals surface area contributed by atoms with Crippen LogP contribution < -0.4 is 0 Å². The van der Waals surface area contributed by atoms with Crippen LogP contribution in [0.15, 0.2) is 36.0 Å². The zero-order valence-corrected chi connectivity index (χ0v) is 41.5. The molecule has 14 atom stereocenters. The van der Waals surface area contributed by atoms with Gasteiger partial charge in [0.05, 0.1) is 6.10 Å². The standard InChI is InChI=1S/C56H96O7/c1-8-10-11-12-13-14-15-16-17-18-19-20-21-22-23-24-25-26-27-50(57)61-39-49-51(58)52(59)53(60)54(63-49)62-44-34-36-55(6)43(38-44)30-31-45-47-33-32-46(56(47,7)37-35-48(45)55)41(5)28-29-42(9-2)40(3)4/h17-18,28-30,40-42,44-49,51-54,58-60H,8-16,19-27,31-39H2,1-7H3/b18-17-,29-28+. The van der Waals surface area contributed by atoms with E-state index in [1.807, 2.05) is 0 Å². The molecule has 7 nitrogen and oxygen atoms in total. The van der Waals surface area contributed by atoms with Crippen molar-refractivity contribution < 1.29 is 34.3 Å². The number of carbonyl (C=O) groups is 1. The first-order valence-corrected chi connectivity index (χ1v) is 26.9. The van der Waals surface area contributed by atoms with Crippen LogP contribution in [0.5, 0.6) is 0 Å². The van der Waals surface area contributed by atoms with Crippen LogP contribution in [-0.4, -0.2) is 64.7 Å². The van der Waals surface area contributed by atoms with Gasteiger partial charge < -0.3 is 29.5 Å². The first-order chi connectivity index (χ1) is 30.3. The number of fused-ring (bicyclic) bond motifs is 5. The highest BCUT2D eigenvalue weighted by molar-refractivity contribution is 5.69. The Morgan fingerprint density at radius 3 is 2.08 bits per heavy atom. The summed E-state index contributed by atoms with van der Waals surface area (Å²) in [6.07, 6.45) is 36.4. The molecule has 0 aromatic carbocycles. The molecule has 5 aliphatic rings. The molecule has 14 unspecified atom stereocenters. The number of aliphatic hydroxyl groups is 3. The lowest BCUT2D eigenvalue weighted by Gasteiger charge is -2.58. The number of ether oxygens (including phenoxy) is 3. The van der Waals surface area contributed by atoms with Crippen LogP contribution in [-0.2, 0) is 19.0 Å². The fourth-order valence-corrected chi connectivity index (χ4v) is 13.4. The third-order valence-electron chi connectivity index (χ3n) is 17.6. The van der Waals surface area contributed by atoms with Gasteiger partial charge in [-0.1, -0.05) is 155 Å². The van der Waals surface area contributed by atoms with Crippen molar-refractivity contribution in [3.05, 3.63) is 36.0 Å². The lowest BCUT2D eigenvalue weighted by atomic mass is 9.47. The summed E-state index contributed by atoms with van der Waals surface area (Å²) in [5, 5.41) is 32.6. The number of carbonyl (C=O) groups excluding carboxylic acids is 1. The smallest absolute Gasteiger partial charge is 0.305 e. The van der Waals surface area contributed by atoms with Crippen molar-refractivity contribution in [2.45, 2.75) is 252 Å². The van der Waals surface area contributed by atoms with E-state index in [1.54, 1.807) is 0 Å². The number of unbranched alkanes of at least 4 members (excludes halogenated alkanes) is 14. The first-order valence-electron chi connectivity index (χ1n) is 26.9. The molecule has 362 valence electrons. The summed E-state index contributed by atoms with van der Waals surface area (Å²) in [5.74, 6) is 4.60. The van der Waals surface area contributed by atoms with E-state index in [0.29, 0.717) is 35.5 Å². The summed E-state index contributed by atoms with van der Waals surface area (Å²) in [4.78, 5) is 12.7. The second-order valence-electron chi connectivity index (χ2n) is 22.1. The lowest BCUT2D eigenvalue weighted by Crippen LogP contribution is -2.60. The molecule has 1 saturated heterocycles. The van der Waals surface area contributed by atoms with E-state index in [2.05, 4.69) is 78.8 Å². The monoisotopic (exact) mass is 881 g/mol. The highest BCUT2D eigenvalue weighted by Crippen LogP contribution is 2.67. The van der Waals surface area contributed by atoms with E-state index in [9.17, 15) is 20.1 Å². The third kappa shape index (κ3) is 14.3. The van der Waals surface area contributed by atoms with Crippen molar-refractivity contribution >= 4 is 5.97 Å². The Bertz CT molecular complexity index is 1420. The van der Waals surface area contributed by atoms with Gasteiger partial charge in [0.1, 0.15) is 31.0 Å². The van der Waals surface area contributed by atoms with Crippen molar-refractivity contribution in [2.24, 2.45) is 52.3 Å². The topological polar surface area (TPSA) is 105 Å². The molecule has 1 heterocycles. The molecule has 3 N–H and O–H groups in total. The molecule has 4 aliphatic carbocycles. The minimum absolute atomic E-state index is 0.150. The van der Waals surface area contributed by atoms with Gasteiger partial charge in [-0.05, 0) is 142 Å². The molecule has 3 saturated carbocycles. The fraction of sp³-hybridized carbons (Fsp3) is 0.875. The summed E-state index contributed by atoms with van der Waals surface area (Å²) in [7, 11) is 0. The van der Waals surface area contributed by atoms with Crippen LogP contribution in [0.1, 0.15) is 215 Å². The number of aliphatic hydroxyl groups excluding tert-OH is 3. The maximum absolute atomic E-state index is 12.7. The number of esters is 1. The predicted molar refractivity (Wildman–Crippen MR) is 258 cm³/mol. The molecule has 7 heteroatoms. The molecule has 0 spiro atoms. The van der Waals surface area contributed by atoms with Gasteiger partial charge in [0.15, 0.2) is 6.29 Å². The van der Waals surface area contributed by atoms with E-state index in [1.165, 1.54) is 121 Å². The van der Waals surface area contributed by atoms with Gasteiger partial charge in [-0.15, -0.1) is 0 Å². The van der Waals surface area contributed by atoms with Crippen LogP contribution in [0.3, 0.4) is 0 Å². The molecule has 0 radical (unpaired) electrons. The second kappa shape index (κ2) is 26.1. The molecule has 1 aliphatic heterocycles. The SMILES string of the molecule is CCCCCCCCC/C=C\CCCCCCCCCC(=O)OCC1OC(OC2CCC3(C)C(=CCC4C3CCC3(C)C(C(C)/C=C/C(CC)C(C)C)CCC43)C2)C(O)C(O)C1O. The number of hydrogen-bond donors (Lipinski definition) is 3. The predicted octanol–water partition coefficient (Wildman–Crippen LogP) is 13.4. The summed E-state index contributed by atoms with van der Waals surface area (Å²) in [5.41, 5.74) is 2.05. The lowest BCUT2D eigenvalue weighted by molar-refractivity contribution is -0.313. The van der Waals surface area contributed by atoms with E-state index < -0.39 is 30.7 Å². The second-order valence-corrected chi connectivity index (χ2v) is 22.1. The molecule has 5 rings (SSSR count). The quantitative estimate of drug-likeness (QED) is 0.0429. The fourth-order valence-electron chi connectivity index (χ4n) is 13.4. The Morgan fingerprint density at radius 1 is 0.778 bits per heavy atom. The average molecular weight is 881 g/mol. The molecule has 63 heavy (non-hydrogen) atoms. The Balaban J connectivity index is 0.987. The van der Waals surface area contributed by atoms with Crippen LogP contribution in [0.25, 0.3) is 0 Å². The summed E-state index contributed by atoms with van der Waals surface area (Å²) < 4.78 is 18.1. The van der Waals surface area contributed by atoms with Gasteiger partial charge in [-0.25, -0.2) is 0 Å². The zero-order chi connectivity index (χ0) is 45.4. The molecule has 0 aromatic heterocycles. The molecule has 4 fully saturated rings. The van der Waals surface area contributed by atoms with Gasteiger partial charge in [0, 0.05) is 6.42 Å². The Morgan fingerprint density at radius 2 is 1.43 bits per heavy atom. The average Bonchev–Trinajstić information content (AvgIpc) is 3.63. The number of rotatable bonds is 27. The first kappa shape index (κ1) is 52.5. The van der Waals surface area contributed by atoms with Crippen molar-refractivity contribution in [1.82, 2.24) is 0 Å². The Hall–Kier alpha value is -1.51. The minimum Gasteiger partial charge on any atom is -0.463 e. The van der Waals surface area contributed by atoms with Crippen molar-refractivity contribution in [2.75, 3.05) is 6.61 Å². The molecule has 0 amide bonds. The maximum atomic E-state index is 12.7.